The van der Waals surface area contributed by atoms with Crippen molar-refractivity contribution in [1.82, 2.24) is 0 Å². The van der Waals surface area contributed by atoms with Crippen molar-refractivity contribution in [3.8, 4) is 0 Å². The molecule has 0 heterocycles. The van der Waals surface area contributed by atoms with Gasteiger partial charge in [-0.15, -0.1) is 0 Å². The van der Waals surface area contributed by atoms with Gasteiger partial charge in [0, 0.05) is 11.6 Å². The Balaban J connectivity index is 1.87. The highest BCUT2D eigenvalue weighted by atomic mass is 14.5. The molecule has 3 rings (SSSR count). The van der Waals surface area contributed by atoms with Crippen molar-refractivity contribution in [2.75, 3.05) is 5.73 Å². The molecule has 0 radical (unpaired) electrons. The van der Waals surface area contributed by atoms with E-state index in [0.717, 1.165) is 17.7 Å². The largest absolute Gasteiger partial charge is 0.399 e. The second-order valence-corrected chi connectivity index (χ2v) is 8.74. The molecule has 0 amide bonds. The monoisotopic (exact) mass is 369 g/mol. The van der Waals surface area contributed by atoms with Crippen molar-refractivity contribution in [2.24, 2.45) is 5.41 Å². The Hall–Kier alpha value is -2.80. The van der Waals surface area contributed by atoms with Crippen LogP contribution in [0.1, 0.15) is 61.8 Å². The summed E-state index contributed by atoms with van der Waals surface area (Å²) in [5.74, 6) is 0.418. The van der Waals surface area contributed by atoms with Crippen molar-refractivity contribution in [3.05, 3.63) is 101 Å². The summed E-state index contributed by atoms with van der Waals surface area (Å²) in [4.78, 5) is 0. The van der Waals surface area contributed by atoms with Crippen LogP contribution in [0.15, 0.2) is 78.9 Å². The van der Waals surface area contributed by atoms with Crippen molar-refractivity contribution < 1.29 is 0 Å². The van der Waals surface area contributed by atoms with Crippen LogP contribution in [0, 0.1) is 5.41 Å². The van der Waals surface area contributed by atoms with E-state index in [2.05, 4.69) is 93.6 Å². The highest BCUT2D eigenvalue weighted by molar-refractivity contribution is 5.71. The molecule has 144 valence electrons. The molecule has 1 heteroatoms. The van der Waals surface area contributed by atoms with Gasteiger partial charge in [0.15, 0.2) is 0 Å². The van der Waals surface area contributed by atoms with Gasteiger partial charge >= 0.3 is 0 Å². The van der Waals surface area contributed by atoms with Crippen LogP contribution in [-0.4, -0.2) is 0 Å². The van der Waals surface area contributed by atoms with E-state index in [1.165, 1.54) is 23.1 Å². The number of hydrogen-bond acceptors (Lipinski definition) is 1. The molecular weight excluding hydrogens is 338 g/mol. The smallest absolute Gasteiger partial charge is 0.0319 e. The molecule has 0 saturated heterocycles. The summed E-state index contributed by atoms with van der Waals surface area (Å²) in [6.07, 6.45) is 6.64. The van der Waals surface area contributed by atoms with E-state index in [1.54, 1.807) is 0 Å². The van der Waals surface area contributed by atoms with Crippen LogP contribution in [0.3, 0.4) is 0 Å². The normalized spacial score (nSPS) is 13.0. The van der Waals surface area contributed by atoms with Crippen molar-refractivity contribution in [2.45, 2.75) is 39.5 Å². The molecule has 0 aliphatic heterocycles. The molecule has 0 spiro atoms. The van der Waals surface area contributed by atoms with E-state index in [1.807, 2.05) is 18.2 Å². The lowest BCUT2D eigenvalue weighted by Gasteiger charge is -2.24. The quantitative estimate of drug-likeness (QED) is 0.355. The number of nitrogens with two attached hydrogens (primary N) is 1. The maximum Gasteiger partial charge on any atom is 0.0319 e. The first-order valence-electron chi connectivity index (χ1n) is 10.1. The molecule has 3 aromatic carbocycles. The molecule has 0 aromatic heterocycles. The second-order valence-electron chi connectivity index (χ2n) is 8.74. The fourth-order valence-corrected chi connectivity index (χ4v) is 3.52. The van der Waals surface area contributed by atoms with Gasteiger partial charge in [0.25, 0.3) is 0 Å². The fourth-order valence-electron chi connectivity index (χ4n) is 3.52. The summed E-state index contributed by atoms with van der Waals surface area (Å²) in [6, 6.07) is 27.8. The van der Waals surface area contributed by atoms with E-state index >= 15 is 0 Å². The number of anilines is 1. The highest BCUT2D eigenvalue weighted by Gasteiger charge is 2.18. The van der Waals surface area contributed by atoms with Crippen LogP contribution in [0.2, 0.25) is 0 Å². The van der Waals surface area contributed by atoms with Crippen LogP contribution in [0.5, 0.6) is 0 Å². The van der Waals surface area contributed by atoms with Crippen LogP contribution in [0.4, 0.5) is 5.69 Å². The van der Waals surface area contributed by atoms with E-state index in [-0.39, 0.29) is 0 Å². The summed E-state index contributed by atoms with van der Waals surface area (Å²) >= 11 is 0. The zero-order chi connectivity index (χ0) is 20.0. The number of hydrogen-bond donors (Lipinski definition) is 1. The predicted molar refractivity (Wildman–Crippen MR) is 123 cm³/mol. The van der Waals surface area contributed by atoms with Crippen molar-refractivity contribution >= 4 is 17.8 Å². The average Bonchev–Trinajstić information content (AvgIpc) is 2.67. The molecule has 28 heavy (non-hydrogen) atoms. The molecular formula is C27H31N. The zero-order valence-corrected chi connectivity index (χ0v) is 17.2. The van der Waals surface area contributed by atoms with Crippen LogP contribution in [0.25, 0.3) is 12.2 Å². The van der Waals surface area contributed by atoms with Gasteiger partial charge in [-0.05, 0) is 52.6 Å². The number of benzene rings is 3. The molecule has 1 atom stereocenters. The Kier molecular flexibility index (Phi) is 6.36. The van der Waals surface area contributed by atoms with Gasteiger partial charge in [0.1, 0.15) is 0 Å². The highest BCUT2D eigenvalue weighted by Crippen LogP contribution is 2.34. The fraction of sp³-hybridized carbons (Fsp3) is 0.259. The molecule has 0 aliphatic rings. The topological polar surface area (TPSA) is 26.0 Å². The Morgan fingerprint density at radius 2 is 1.36 bits per heavy atom. The van der Waals surface area contributed by atoms with Gasteiger partial charge in [0.2, 0.25) is 0 Å². The number of rotatable bonds is 6. The minimum atomic E-state index is 0.331. The summed E-state index contributed by atoms with van der Waals surface area (Å²) in [5.41, 5.74) is 12.1. The maximum absolute atomic E-state index is 5.89. The molecule has 0 aliphatic carbocycles. The van der Waals surface area contributed by atoms with Gasteiger partial charge in [-0.3, -0.25) is 0 Å². The lowest BCUT2D eigenvalue weighted by molar-refractivity contribution is 0.356. The standard InChI is InChI=1S/C27H31N/c1-27(2,3)18-17-26(23-11-5-4-6-12-23)24-13-7-9-21(19-24)15-16-22-10-8-14-25(28)20-22/h4-16,19-20,26H,17-18,28H2,1-3H3/b16-15-. The van der Waals surface area contributed by atoms with E-state index in [4.69, 9.17) is 5.73 Å². The molecule has 1 nitrogen and oxygen atoms in total. The van der Waals surface area contributed by atoms with Crippen LogP contribution in [-0.2, 0) is 0 Å². The Labute approximate surface area is 169 Å². The summed E-state index contributed by atoms with van der Waals surface area (Å²) in [6.45, 7) is 6.96. The zero-order valence-electron chi connectivity index (χ0n) is 17.2. The van der Waals surface area contributed by atoms with E-state index in [9.17, 15) is 0 Å². The van der Waals surface area contributed by atoms with E-state index in [0.29, 0.717) is 11.3 Å². The molecule has 0 fully saturated rings. The molecule has 1 unspecified atom stereocenters. The lowest BCUT2D eigenvalue weighted by atomic mass is 9.81. The maximum atomic E-state index is 5.89. The Morgan fingerprint density at radius 1 is 0.750 bits per heavy atom. The SMILES string of the molecule is CC(C)(C)CCC(c1ccccc1)c1cccc(/C=C\c2cccc(N)c2)c1. The second kappa shape index (κ2) is 8.93. The van der Waals surface area contributed by atoms with Gasteiger partial charge < -0.3 is 5.73 Å². The van der Waals surface area contributed by atoms with Crippen LogP contribution < -0.4 is 5.73 Å². The van der Waals surface area contributed by atoms with Crippen molar-refractivity contribution in [1.29, 1.82) is 0 Å². The number of nitrogen functional groups attached to an aromatic ring is 1. The predicted octanol–water partition coefficient (Wildman–Crippen LogP) is 7.40. The third-order valence-corrected chi connectivity index (χ3v) is 5.08. The Bertz CT molecular complexity index is 916. The van der Waals surface area contributed by atoms with Crippen molar-refractivity contribution in [3.63, 3.8) is 0 Å². The van der Waals surface area contributed by atoms with E-state index < -0.39 is 0 Å². The third kappa shape index (κ3) is 5.85. The summed E-state index contributed by atoms with van der Waals surface area (Å²) in [7, 11) is 0. The molecule has 0 saturated carbocycles. The van der Waals surface area contributed by atoms with Gasteiger partial charge in [-0.2, -0.15) is 0 Å². The van der Waals surface area contributed by atoms with Crippen LogP contribution >= 0.6 is 0 Å². The van der Waals surface area contributed by atoms with Gasteiger partial charge in [0.05, 0.1) is 0 Å². The van der Waals surface area contributed by atoms with Gasteiger partial charge in [-0.1, -0.05) is 99.7 Å². The Morgan fingerprint density at radius 3 is 2.00 bits per heavy atom. The summed E-state index contributed by atoms with van der Waals surface area (Å²) in [5, 5.41) is 0. The first kappa shape index (κ1) is 19.9. The molecule has 2 N–H and O–H groups in total. The minimum absolute atomic E-state index is 0.331. The van der Waals surface area contributed by atoms with Gasteiger partial charge in [-0.25, -0.2) is 0 Å². The first-order chi connectivity index (χ1) is 13.4. The third-order valence-electron chi connectivity index (χ3n) is 5.08. The average molecular weight is 370 g/mol. The first-order valence-corrected chi connectivity index (χ1v) is 10.1. The minimum Gasteiger partial charge on any atom is -0.399 e. The summed E-state index contributed by atoms with van der Waals surface area (Å²) < 4.78 is 0. The molecule has 0 bridgehead atoms. The lowest BCUT2D eigenvalue weighted by Crippen LogP contribution is -2.09. The molecule has 3 aromatic rings.